The number of aryl methyl sites for hydroxylation is 1. The van der Waals surface area contributed by atoms with Crippen LogP contribution in [0.1, 0.15) is 34.7 Å². The van der Waals surface area contributed by atoms with Gasteiger partial charge in [-0.1, -0.05) is 6.07 Å². The van der Waals surface area contributed by atoms with Crippen LogP contribution in [0.5, 0.6) is 0 Å². The van der Waals surface area contributed by atoms with Crippen molar-refractivity contribution in [2.75, 3.05) is 13.1 Å². The summed E-state index contributed by atoms with van der Waals surface area (Å²) in [5.74, 6) is 0.153. The minimum absolute atomic E-state index is 0.0332. The van der Waals surface area contributed by atoms with E-state index in [1.54, 1.807) is 23.2 Å². The van der Waals surface area contributed by atoms with Crippen LogP contribution in [0, 0.1) is 6.92 Å². The van der Waals surface area contributed by atoms with Crippen molar-refractivity contribution in [2.24, 2.45) is 0 Å². The van der Waals surface area contributed by atoms with E-state index in [0.29, 0.717) is 18.8 Å². The van der Waals surface area contributed by atoms with Crippen LogP contribution in [-0.2, 0) is 11.2 Å². The Labute approximate surface area is 140 Å². The van der Waals surface area contributed by atoms with Crippen LogP contribution < -0.4 is 5.32 Å². The van der Waals surface area contributed by atoms with Crippen molar-refractivity contribution in [1.29, 1.82) is 0 Å². The van der Waals surface area contributed by atoms with E-state index in [1.165, 1.54) is 6.26 Å². The third-order valence-corrected chi connectivity index (χ3v) is 4.25. The highest BCUT2D eigenvalue weighted by Crippen LogP contribution is 2.14. The lowest BCUT2D eigenvalue weighted by molar-refractivity contribution is -0.121. The second kappa shape index (κ2) is 7.29. The molecular formula is C18H21N3O3. The molecule has 0 radical (unpaired) electrons. The van der Waals surface area contributed by atoms with Gasteiger partial charge in [-0.2, -0.15) is 0 Å². The van der Waals surface area contributed by atoms with Gasteiger partial charge in [0.2, 0.25) is 5.91 Å². The Bertz CT molecular complexity index is 712. The first-order chi connectivity index (χ1) is 11.6. The van der Waals surface area contributed by atoms with E-state index in [-0.39, 0.29) is 24.3 Å². The second-order valence-electron chi connectivity index (χ2n) is 6.08. The third kappa shape index (κ3) is 3.82. The first kappa shape index (κ1) is 16.2. The molecule has 24 heavy (non-hydrogen) atoms. The summed E-state index contributed by atoms with van der Waals surface area (Å²) in [5.41, 5.74) is 1.79. The summed E-state index contributed by atoms with van der Waals surface area (Å²) in [4.78, 5) is 30.6. The molecule has 126 valence electrons. The fraction of sp³-hybridized carbons (Fsp3) is 0.389. The number of piperidine rings is 1. The molecule has 3 heterocycles. The number of carbonyl (C=O) groups excluding carboxylic acids is 2. The van der Waals surface area contributed by atoms with Gasteiger partial charge in [0, 0.05) is 25.3 Å². The predicted molar refractivity (Wildman–Crippen MR) is 88.5 cm³/mol. The molecule has 2 amide bonds. The average Bonchev–Trinajstić information content (AvgIpc) is 3.11. The number of hydrogen-bond donors (Lipinski definition) is 1. The molecule has 1 aliphatic heterocycles. The molecule has 0 bridgehead atoms. The van der Waals surface area contributed by atoms with E-state index >= 15 is 0 Å². The molecule has 1 N–H and O–H groups in total. The zero-order chi connectivity index (χ0) is 16.9. The molecule has 0 saturated carbocycles. The molecule has 3 rings (SSSR count). The van der Waals surface area contributed by atoms with Crippen molar-refractivity contribution in [3.05, 3.63) is 53.7 Å². The van der Waals surface area contributed by atoms with Gasteiger partial charge in [-0.3, -0.25) is 14.6 Å². The molecule has 6 nitrogen and oxygen atoms in total. The molecule has 1 fully saturated rings. The molecule has 2 aromatic rings. The number of pyridine rings is 1. The first-order valence-corrected chi connectivity index (χ1v) is 8.16. The smallest absolute Gasteiger partial charge is 0.289 e. The summed E-state index contributed by atoms with van der Waals surface area (Å²) in [6, 6.07) is 7.13. The maximum Gasteiger partial charge on any atom is 0.289 e. The van der Waals surface area contributed by atoms with E-state index in [1.807, 2.05) is 19.1 Å². The van der Waals surface area contributed by atoms with Gasteiger partial charge in [0.15, 0.2) is 5.76 Å². The quantitative estimate of drug-likeness (QED) is 0.931. The summed E-state index contributed by atoms with van der Waals surface area (Å²) in [5, 5.41) is 3.02. The standard InChI is InChI=1S/C18H21N3O3/c1-13-5-2-8-19-15(13)11-17(22)20-14-6-3-9-21(12-14)18(23)16-7-4-10-24-16/h2,4-5,7-8,10,14H,3,6,9,11-12H2,1H3,(H,20,22)/t14-/m0/s1. The number of nitrogens with zero attached hydrogens (tertiary/aromatic N) is 2. The van der Waals surface area contributed by atoms with Crippen molar-refractivity contribution in [3.63, 3.8) is 0 Å². The van der Waals surface area contributed by atoms with Crippen molar-refractivity contribution < 1.29 is 14.0 Å². The van der Waals surface area contributed by atoms with Crippen LogP contribution in [0.25, 0.3) is 0 Å². The van der Waals surface area contributed by atoms with E-state index in [2.05, 4.69) is 10.3 Å². The normalized spacial score (nSPS) is 17.5. The van der Waals surface area contributed by atoms with Gasteiger partial charge in [0.1, 0.15) is 0 Å². The molecule has 1 aliphatic rings. The Kier molecular flexibility index (Phi) is 4.93. The van der Waals surface area contributed by atoms with Crippen LogP contribution in [-0.4, -0.2) is 40.8 Å². The van der Waals surface area contributed by atoms with Crippen LogP contribution in [0.4, 0.5) is 0 Å². The number of carbonyl (C=O) groups is 2. The minimum Gasteiger partial charge on any atom is -0.459 e. The van der Waals surface area contributed by atoms with Crippen molar-refractivity contribution in [1.82, 2.24) is 15.2 Å². The number of nitrogens with one attached hydrogen (secondary N) is 1. The van der Waals surface area contributed by atoms with Crippen LogP contribution in [0.2, 0.25) is 0 Å². The van der Waals surface area contributed by atoms with E-state index in [4.69, 9.17) is 4.42 Å². The first-order valence-electron chi connectivity index (χ1n) is 8.16. The molecule has 0 aliphatic carbocycles. The maximum absolute atomic E-state index is 12.3. The third-order valence-electron chi connectivity index (χ3n) is 4.25. The van der Waals surface area contributed by atoms with E-state index < -0.39 is 0 Å². The van der Waals surface area contributed by atoms with Gasteiger partial charge in [-0.25, -0.2) is 0 Å². The fourth-order valence-electron chi connectivity index (χ4n) is 2.97. The monoisotopic (exact) mass is 327 g/mol. The number of furan rings is 1. The van der Waals surface area contributed by atoms with Crippen LogP contribution in [0.3, 0.4) is 0 Å². The Morgan fingerprint density at radius 2 is 2.25 bits per heavy atom. The number of amides is 2. The Morgan fingerprint density at radius 3 is 3.00 bits per heavy atom. The largest absolute Gasteiger partial charge is 0.459 e. The summed E-state index contributed by atoms with van der Waals surface area (Å²) < 4.78 is 5.17. The van der Waals surface area contributed by atoms with Crippen LogP contribution >= 0.6 is 0 Å². The molecule has 0 spiro atoms. The molecule has 6 heteroatoms. The average molecular weight is 327 g/mol. The molecule has 1 atom stereocenters. The van der Waals surface area contributed by atoms with Crippen molar-refractivity contribution in [2.45, 2.75) is 32.2 Å². The summed E-state index contributed by atoms with van der Waals surface area (Å²) in [7, 11) is 0. The molecule has 1 saturated heterocycles. The van der Waals surface area contributed by atoms with Gasteiger partial charge in [-0.05, 0) is 43.5 Å². The molecular weight excluding hydrogens is 306 g/mol. The number of aromatic nitrogens is 1. The Balaban J connectivity index is 1.56. The molecule has 0 aromatic carbocycles. The number of hydrogen-bond acceptors (Lipinski definition) is 4. The minimum atomic E-state index is -0.125. The summed E-state index contributed by atoms with van der Waals surface area (Å²) >= 11 is 0. The Morgan fingerprint density at radius 1 is 1.38 bits per heavy atom. The highest BCUT2D eigenvalue weighted by Gasteiger charge is 2.26. The van der Waals surface area contributed by atoms with Gasteiger partial charge < -0.3 is 14.6 Å². The fourth-order valence-corrected chi connectivity index (χ4v) is 2.97. The summed E-state index contributed by atoms with van der Waals surface area (Å²) in [6.07, 6.45) is 5.18. The van der Waals surface area contributed by atoms with Crippen molar-refractivity contribution in [3.8, 4) is 0 Å². The SMILES string of the molecule is Cc1cccnc1CC(=O)N[C@H]1CCCN(C(=O)c2ccco2)C1. The lowest BCUT2D eigenvalue weighted by atomic mass is 10.0. The van der Waals surface area contributed by atoms with Gasteiger partial charge in [0.05, 0.1) is 18.4 Å². The zero-order valence-corrected chi connectivity index (χ0v) is 13.7. The van der Waals surface area contributed by atoms with E-state index in [0.717, 1.165) is 24.1 Å². The number of rotatable bonds is 4. The van der Waals surface area contributed by atoms with E-state index in [9.17, 15) is 9.59 Å². The summed E-state index contributed by atoms with van der Waals surface area (Å²) in [6.45, 7) is 3.14. The predicted octanol–water partition coefficient (Wildman–Crippen LogP) is 1.95. The molecule has 0 unspecified atom stereocenters. The van der Waals surface area contributed by atoms with Crippen LogP contribution in [0.15, 0.2) is 41.1 Å². The second-order valence-corrected chi connectivity index (χ2v) is 6.08. The van der Waals surface area contributed by atoms with Crippen molar-refractivity contribution >= 4 is 11.8 Å². The highest BCUT2D eigenvalue weighted by molar-refractivity contribution is 5.91. The van der Waals surface area contributed by atoms with Gasteiger partial charge in [-0.15, -0.1) is 0 Å². The lowest BCUT2D eigenvalue weighted by Gasteiger charge is -2.32. The zero-order valence-electron chi connectivity index (χ0n) is 13.7. The number of likely N-dealkylation sites (tertiary alicyclic amines) is 1. The van der Waals surface area contributed by atoms with Gasteiger partial charge in [0.25, 0.3) is 5.91 Å². The Hall–Kier alpha value is -2.63. The van der Waals surface area contributed by atoms with Gasteiger partial charge >= 0.3 is 0 Å². The highest BCUT2D eigenvalue weighted by atomic mass is 16.3. The lowest BCUT2D eigenvalue weighted by Crippen LogP contribution is -2.49. The topological polar surface area (TPSA) is 75.4 Å². The molecule has 2 aromatic heterocycles. The maximum atomic E-state index is 12.3.